The quantitative estimate of drug-likeness (QED) is 0.763. The van der Waals surface area contributed by atoms with Crippen LogP contribution in [0.5, 0.6) is 0 Å². The van der Waals surface area contributed by atoms with Crippen LogP contribution in [-0.2, 0) is 0 Å². The Morgan fingerprint density at radius 1 is 1.06 bits per heavy atom. The number of hydrogen-bond donors (Lipinski definition) is 1. The molecule has 0 aromatic rings. The minimum atomic E-state index is 0.492. The summed E-state index contributed by atoms with van der Waals surface area (Å²) in [5, 5.41) is 3.94. The van der Waals surface area contributed by atoms with E-state index in [0.717, 1.165) is 18.0 Å². The van der Waals surface area contributed by atoms with E-state index < -0.39 is 0 Å². The van der Waals surface area contributed by atoms with E-state index in [9.17, 15) is 0 Å². The van der Waals surface area contributed by atoms with E-state index in [4.69, 9.17) is 0 Å². The lowest BCUT2D eigenvalue weighted by Gasteiger charge is -2.30. The Morgan fingerprint density at radius 3 is 2.19 bits per heavy atom. The van der Waals surface area contributed by atoms with Crippen LogP contribution in [0.25, 0.3) is 0 Å². The third-order valence-electron chi connectivity index (χ3n) is 5.78. The minimum Gasteiger partial charge on any atom is -0.310 e. The van der Waals surface area contributed by atoms with Gasteiger partial charge in [-0.1, -0.05) is 53.9 Å². The van der Waals surface area contributed by atoms with Gasteiger partial charge < -0.3 is 5.32 Å². The molecule has 1 nitrogen and oxygen atoms in total. The number of hydrogen-bond acceptors (Lipinski definition) is 1. The maximum absolute atomic E-state index is 3.94. The average molecular weight is 223 g/mol. The monoisotopic (exact) mass is 223 g/mol. The summed E-state index contributed by atoms with van der Waals surface area (Å²) in [6, 6.07) is 1.53. The molecule has 0 radical (unpaired) electrons. The normalized spacial score (nSPS) is 37.3. The Balaban J connectivity index is 1.87. The molecule has 0 saturated heterocycles. The maximum atomic E-state index is 3.94. The minimum absolute atomic E-state index is 0.492. The SMILES string of the molecule is CCC1CCCC(NC2C(C)(C)C2(C)C)C1. The summed E-state index contributed by atoms with van der Waals surface area (Å²) in [5.74, 6) is 0.983. The van der Waals surface area contributed by atoms with Gasteiger partial charge in [0.25, 0.3) is 0 Å². The van der Waals surface area contributed by atoms with E-state index in [1.165, 1.54) is 32.1 Å². The van der Waals surface area contributed by atoms with Crippen molar-refractivity contribution in [1.82, 2.24) is 5.32 Å². The van der Waals surface area contributed by atoms with Crippen LogP contribution in [0.2, 0.25) is 0 Å². The Hall–Kier alpha value is -0.0400. The highest BCUT2D eigenvalue weighted by molar-refractivity contribution is 5.18. The summed E-state index contributed by atoms with van der Waals surface area (Å²) in [6.07, 6.45) is 7.09. The number of nitrogens with one attached hydrogen (secondary N) is 1. The molecule has 2 fully saturated rings. The van der Waals surface area contributed by atoms with Crippen LogP contribution < -0.4 is 5.32 Å². The van der Waals surface area contributed by atoms with E-state index in [2.05, 4.69) is 39.9 Å². The lowest BCUT2D eigenvalue weighted by atomic mass is 9.84. The molecule has 16 heavy (non-hydrogen) atoms. The fourth-order valence-electron chi connectivity index (χ4n) is 3.66. The summed E-state index contributed by atoms with van der Waals surface area (Å²) in [6.45, 7) is 12.0. The lowest BCUT2D eigenvalue weighted by molar-refractivity contribution is 0.269. The zero-order valence-electron chi connectivity index (χ0n) is 11.8. The third-order valence-corrected chi connectivity index (χ3v) is 5.78. The summed E-state index contributed by atoms with van der Waals surface area (Å²) in [5.41, 5.74) is 0.984. The van der Waals surface area contributed by atoms with Gasteiger partial charge in [0.2, 0.25) is 0 Å². The van der Waals surface area contributed by atoms with Crippen molar-refractivity contribution in [3.8, 4) is 0 Å². The van der Waals surface area contributed by atoms with Crippen molar-refractivity contribution in [3.05, 3.63) is 0 Å². The van der Waals surface area contributed by atoms with Crippen LogP contribution in [0.3, 0.4) is 0 Å². The average Bonchev–Trinajstić information content (AvgIpc) is 2.61. The fraction of sp³-hybridized carbons (Fsp3) is 1.00. The maximum Gasteiger partial charge on any atom is 0.0183 e. The van der Waals surface area contributed by atoms with Gasteiger partial charge in [-0.25, -0.2) is 0 Å². The zero-order valence-corrected chi connectivity index (χ0v) is 11.8. The topological polar surface area (TPSA) is 12.0 Å². The Labute approximate surface area is 101 Å². The molecule has 2 aliphatic carbocycles. The highest BCUT2D eigenvalue weighted by Crippen LogP contribution is 2.62. The van der Waals surface area contributed by atoms with Crippen molar-refractivity contribution in [3.63, 3.8) is 0 Å². The molecule has 0 amide bonds. The van der Waals surface area contributed by atoms with E-state index in [1.54, 1.807) is 0 Å². The molecule has 0 aromatic carbocycles. The van der Waals surface area contributed by atoms with Gasteiger partial charge in [0, 0.05) is 12.1 Å². The second-order valence-corrected chi connectivity index (χ2v) is 7.18. The Kier molecular flexibility index (Phi) is 3.11. The van der Waals surface area contributed by atoms with Crippen molar-refractivity contribution in [2.75, 3.05) is 0 Å². The molecule has 2 saturated carbocycles. The molecule has 94 valence electrons. The first kappa shape index (κ1) is 12.4. The van der Waals surface area contributed by atoms with Gasteiger partial charge in [-0.2, -0.15) is 0 Å². The van der Waals surface area contributed by atoms with E-state index in [1.807, 2.05) is 0 Å². The first-order valence-corrected chi connectivity index (χ1v) is 7.15. The molecule has 2 aliphatic rings. The van der Waals surface area contributed by atoms with Crippen LogP contribution in [0, 0.1) is 16.7 Å². The summed E-state index contributed by atoms with van der Waals surface area (Å²) >= 11 is 0. The highest BCUT2D eigenvalue weighted by atomic mass is 15.1. The molecule has 0 bridgehead atoms. The largest absolute Gasteiger partial charge is 0.310 e. The highest BCUT2D eigenvalue weighted by Gasteiger charge is 2.64. The second-order valence-electron chi connectivity index (χ2n) is 7.18. The predicted molar refractivity (Wildman–Crippen MR) is 70.5 cm³/mol. The first-order chi connectivity index (χ1) is 7.39. The van der Waals surface area contributed by atoms with Gasteiger partial charge in [0.05, 0.1) is 0 Å². The molecule has 0 spiro atoms. The third kappa shape index (κ3) is 1.92. The van der Waals surface area contributed by atoms with Crippen molar-refractivity contribution >= 4 is 0 Å². The van der Waals surface area contributed by atoms with E-state index in [0.29, 0.717) is 10.8 Å². The van der Waals surface area contributed by atoms with Crippen LogP contribution in [0.4, 0.5) is 0 Å². The van der Waals surface area contributed by atoms with Crippen LogP contribution >= 0.6 is 0 Å². The molecule has 2 atom stereocenters. The molecule has 1 N–H and O–H groups in total. The second kappa shape index (κ2) is 4.01. The van der Waals surface area contributed by atoms with Gasteiger partial charge in [-0.3, -0.25) is 0 Å². The first-order valence-electron chi connectivity index (χ1n) is 7.15. The molecular formula is C15H29N. The van der Waals surface area contributed by atoms with Crippen molar-refractivity contribution in [1.29, 1.82) is 0 Å². The fourth-order valence-corrected chi connectivity index (χ4v) is 3.66. The van der Waals surface area contributed by atoms with Crippen LogP contribution in [0.15, 0.2) is 0 Å². The molecule has 1 heteroatoms. The smallest absolute Gasteiger partial charge is 0.0183 e. The zero-order chi connectivity index (χ0) is 12.0. The number of rotatable bonds is 3. The van der Waals surface area contributed by atoms with E-state index >= 15 is 0 Å². The summed E-state index contributed by atoms with van der Waals surface area (Å²) < 4.78 is 0. The van der Waals surface area contributed by atoms with Gasteiger partial charge in [-0.05, 0) is 29.6 Å². The predicted octanol–water partition coefficient (Wildman–Crippen LogP) is 3.98. The molecule has 2 rings (SSSR count). The van der Waals surface area contributed by atoms with E-state index in [-0.39, 0.29) is 0 Å². The molecule has 0 aliphatic heterocycles. The van der Waals surface area contributed by atoms with Crippen LogP contribution in [-0.4, -0.2) is 12.1 Å². The standard InChI is InChI=1S/C15H29N/c1-6-11-8-7-9-12(10-11)16-13-14(2,3)15(13,4)5/h11-13,16H,6-10H2,1-5H3. The molecule has 2 unspecified atom stereocenters. The summed E-state index contributed by atoms with van der Waals surface area (Å²) in [7, 11) is 0. The van der Waals surface area contributed by atoms with Gasteiger partial charge in [0.1, 0.15) is 0 Å². The van der Waals surface area contributed by atoms with Crippen molar-refractivity contribution < 1.29 is 0 Å². The summed E-state index contributed by atoms with van der Waals surface area (Å²) in [4.78, 5) is 0. The van der Waals surface area contributed by atoms with Gasteiger partial charge in [-0.15, -0.1) is 0 Å². The van der Waals surface area contributed by atoms with Crippen molar-refractivity contribution in [2.45, 2.75) is 78.8 Å². The van der Waals surface area contributed by atoms with Gasteiger partial charge in [0.15, 0.2) is 0 Å². The van der Waals surface area contributed by atoms with Gasteiger partial charge >= 0.3 is 0 Å². The lowest BCUT2D eigenvalue weighted by Crippen LogP contribution is -2.37. The Morgan fingerprint density at radius 2 is 1.69 bits per heavy atom. The van der Waals surface area contributed by atoms with Crippen molar-refractivity contribution in [2.24, 2.45) is 16.7 Å². The molecule has 0 aromatic heterocycles. The Bertz CT molecular complexity index is 240. The molecule has 0 heterocycles. The van der Waals surface area contributed by atoms with Crippen LogP contribution in [0.1, 0.15) is 66.7 Å². The molecular weight excluding hydrogens is 194 g/mol.